The Morgan fingerprint density at radius 3 is 2.53 bits per heavy atom. The Morgan fingerprint density at radius 1 is 1.05 bits per heavy atom. The van der Waals surface area contributed by atoms with Crippen molar-refractivity contribution >= 4 is 29.1 Å². The monoisotopic (exact) mass is 526 g/mol. The number of halogens is 1. The van der Waals surface area contributed by atoms with Gasteiger partial charge in [0.05, 0.1) is 11.1 Å². The van der Waals surface area contributed by atoms with Crippen LogP contribution in [0.25, 0.3) is 0 Å². The number of aliphatic hydroxyl groups is 1. The van der Waals surface area contributed by atoms with Crippen LogP contribution in [-0.2, 0) is 10.5 Å². The summed E-state index contributed by atoms with van der Waals surface area (Å²) in [5.74, 6) is -1.59. The van der Waals surface area contributed by atoms with E-state index in [0.717, 1.165) is 5.56 Å². The Morgan fingerprint density at radius 2 is 1.79 bits per heavy atom. The number of hydrogen-bond acceptors (Lipinski definition) is 7. The van der Waals surface area contributed by atoms with Gasteiger partial charge < -0.3 is 20.1 Å². The van der Waals surface area contributed by atoms with Crippen molar-refractivity contribution in [2.45, 2.75) is 19.1 Å². The SMILES string of the molecule is Cc1ccc(C2(O)/C(=C3/C(=O)Oc4ccc(Cl)cc4C3=O)C(C(=O)c3ccccc3)=C3NCCCN32)cc1. The number of carbonyl (C=O) groups excluding carboxylic acids is 3. The Hall–Kier alpha value is -4.20. The van der Waals surface area contributed by atoms with Crippen LogP contribution in [0.15, 0.2) is 95.3 Å². The molecule has 0 aliphatic carbocycles. The highest BCUT2D eigenvalue weighted by Gasteiger charge is 2.56. The molecule has 3 heterocycles. The molecule has 0 amide bonds. The number of hydrogen-bond donors (Lipinski definition) is 2. The first-order valence-electron chi connectivity index (χ1n) is 12.3. The van der Waals surface area contributed by atoms with Gasteiger partial charge in [0.25, 0.3) is 0 Å². The highest BCUT2D eigenvalue weighted by Crippen LogP contribution is 2.50. The smallest absolute Gasteiger partial charge is 0.348 e. The number of Topliss-reactive ketones (excluding diaryl/α,β-unsaturated/α-hetero) is 2. The number of fused-ring (bicyclic) bond motifs is 2. The number of carbonyl (C=O) groups is 3. The van der Waals surface area contributed by atoms with Gasteiger partial charge in [-0.15, -0.1) is 0 Å². The lowest BCUT2D eigenvalue weighted by atomic mass is 9.82. The number of nitrogens with one attached hydrogen (secondary N) is 1. The van der Waals surface area contributed by atoms with Gasteiger partial charge in [-0.1, -0.05) is 71.8 Å². The first-order valence-corrected chi connectivity index (χ1v) is 12.6. The van der Waals surface area contributed by atoms with E-state index in [-0.39, 0.29) is 27.5 Å². The molecule has 0 saturated carbocycles. The summed E-state index contributed by atoms with van der Waals surface area (Å²) in [4.78, 5) is 43.2. The summed E-state index contributed by atoms with van der Waals surface area (Å²) < 4.78 is 5.56. The number of benzene rings is 3. The van der Waals surface area contributed by atoms with Crippen molar-refractivity contribution in [1.29, 1.82) is 0 Å². The standard InChI is InChI=1S/C30H23ClN2O5/c1-17-8-10-19(11-9-17)30(37)25(24-27(35)21-16-20(31)12-13-22(21)38-29(24)36)23(28-32-14-5-15-33(28)30)26(34)18-6-3-2-4-7-18/h2-4,6-13,16,32,37H,5,14-15H2,1H3/b25-24+. The molecule has 2 N–H and O–H groups in total. The van der Waals surface area contributed by atoms with Gasteiger partial charge in [-0.3, -0.25) is 9.59 Å². The van der Waals surface area contributed by atoms with E-state index in [0.29, 0.717) is 36.5 Å². The van der Waals surface area contributed by atoms with E-state index in [2.05, 4.69) is 5.32 Å². The minimum Gasteiger partial charge on any atom is -0.422 e. The number of ketones is 2. The molecule has 7 nitrogen and oxygen atoms in total. The summed E-state index contributed by atoms with van der Waals surface area (Å²) in [5.41, 5.74) is -0.604. The van der Waals surface area contributed by atoms with Crippen LogP contribution >= 0.6 is 11.6 Å². The largest absolute Gasteiger partial charge is 0.422 e. The number of aryl methyl sites for hydroxylation is 1. The Kier molecular flexibility index (Phi) is 5.70. The molecular weight excluding hydrogens is 504 g/mol. The summed E-state index contributed by atoms with van der Waals surface area (Å²) in [6, 6.07) is 20.1. The molecule has 6 rings (SSSR count). The molecule has 3 aliphatic heterocycles. The van der Waals surface area contributed by atoms with Crippen molar-refractivity contribution in [2.24, 2.45) is 0 Å². The highest BCUT2D eigenvalue weighted by atomic mass is 35.5. The van der Waals surface area contributed by atoms with E-state index in [4.69, 9.17) is 16.3 Å². The van der Waals surface area contributed by atoms with E-state index in [9.17, 15) is 19.5 Å². The fourth-order valence-corrected chi connectivity index (χ4v) is 5.50. The van der Waals surface area contributed by atoms with Crippen LogP contribution in [-0.4, -0.2) is 40.6 Å². The van der Waals surface area contributed by atoms with Crippen LogP contribution in [0, 0.1) is 6.92 Å². The van der Waals surface area contributed by atoms with Gasteiger partial charge in [0.2, 0.25) is 5.78 Å². The summed E-state index contributed by atoms with van der Waals surface area (Å²) in [6.45, 7) is 2.86. The Balaban J connectivity index is 1.68. The highest BCUT2D eigenvalue weighted by molar-refractivity contribution is 6.33. The molecule has 1 fully saturated rings. The van der Waals surface area contributed by atoms with Crippen LogP contribution < -0.4 is 10.1 Å². The lowest BCUT2D eigenvalue weighted by Gasteiger charge is -2.41. The van der Waals surface area contributed by atoms with Crippen molar-refractivity contribution in [3.63, 3.8) is 0 Å². The quantitative estimate of drug-likeness (QED) is 0.173. The molecule has 0 spiro atoms. The summed E-state index contributed by atoms with van der Waals surface area (Å²) >= 11 is 6.17. The third-order valence-electron chi connectivity index (χ3n) is 7.13. The van der Waals surface area contributed by atoms with Crippen LogP contribution in [0.1, 0.15) is 38.3 Å². The minimum atomic E-state index is -1.99. The topological polar surface area (TPSA) is 95.9 Å². The molecule has 0 aromatic heterocycles. The van der Waals surface area contributed by atoms with Crippen molar-refractivity contribution < 1.29 is 24.2 Å². The van der Waals surface area contributed by atoms with Gasteiger partial charge in [0.15, 0.2) is 11.5 Å². The van der Waals surface area contributed by atoms with Gasteiger partial charge in [0, 0.05) is 34.8 Å². The first kappa shape index (κ1) is 24.2. The molecular formula is C30H23ClN2O5. The zero-order valence-corrected chi connectivity index (χ0v) is 21.2. The molecule has 1 saturated heterocycles. The van der Waals surface area contributed by atoms with Crippen molar-refractivity contribution in [2.75, 3.05) is 13.1 Å². The molecule has 0 radical (unpaired) electrons. The van der Waals surface area contributed by atoms with Crippen LogP contribution in [0.4, 0.5) is 0 Å². The number of esters is 1. The Bertz CT molecular complexity index is 1580. The lowest BCUT2D eigenvalue weighted by Crippen LogP contribution is -2.50. The van der Waals surface area contributed by atoms with E-state index in [1.54, 1.807) is 47.4 Å². The van der Waals surface area contributed by atoms with Crippen LogP contribution in [0.5, 0.6) is 5.75 Å². The van der Waals surface area contributed by atoms with E-state index >= 15 is 0 Å². The van der Waals surface area contributed by atoms with Crippen molar-refractivity contribution in [3.05, 3.63) is 123 Å². The maximum absolute atomic E-state index is 14.1. The molecule has 0 bridgehead atoms. The van der Waals surface area contributed by atoms with Gasteiger partial charge in [-0.2, -0.15) is 0 Å². The second-order valence-electron chi connectivity index (χ2n) is 9.50. The molecule has 3 aromatic carbocycles. The molecule has 3 aromatic rings. The fraction of sp³-hybridized carbons (Fsp3) is 0.167. The fourth-order valence-electron chi connectivity index (χ4n) is 5.33. The molecule has 1 atom stereocenters. The van der Waals surface area contributed by atoms with Crippen LogP contribution in [0.2, 0.25) is 5.02 Å². The van der Waals surface area contributed by atoms with Crippen LogP contribution in [0.3, 0.4) is 0 Å². The summed E-state index contributed by atoms with van der Waals surface area (Å²) in [6.07, 6.45) is 0.671. The molecule has 38 heavy (non-hydrogen) atoms. The number of rotatable bonds is 3. The molecule has 3 aliphatic rings. The molecule has 190 valence electrons. The summed E-state index contributed by atoms with van der Waals surface area (Å²) in [5, 5.41) is 16.2. The average Bonchev–Trinajstić information content (AvgIpc) is 3.19. The van der Waals surface area contributed by atoms with E-state index in [1.165, 1.54) is 18.2 Å². The molecule has 8 heteroatoms. The van der Waals surface area contributed by atoms with Crippen molar-refractivity contribution in [3.8, 4) is 5.75 Å². The van der Waals surface area contributed by atoms with E-state index in [1.807, 2.05) is 19.1 Å². The first-order chi connectivity index (χ1) is 18.3. The third kappa shape index (κ3) is 3.58. The van der Waals surface area contributed by atoms with Gasteiger partial charge >= 0.3 is 5.97 Å². The maximum Gasteiger partial charge on any atom is 0.348 e. The van der Waals surface area contributed by atoms with E-state index < -0.39 is 28.8 Å². The van der Waals surface area contributed by atoms with Crippen molar-refractivity contribution in [1.82, 2.24) is 10.2 Å². The normalized spacial score (nSPS) is 22.6. The van der Waals surface area contributed by atoms with Gasteiger partial charge in [-0.25, -0.2) is 4.79 Å². The zero-order valence-electron chi connectivity index (χ0n) is 20.5. The lowest BCUT2D eigenvalue weighted by molar-refractivity contribution is -0.130. The average molecular weight is 527 g/mol. The third-order valence-corrected chi connectivity index (χ3v) is 7.37. The number of nitrogens with zero attached hydrogens (tertiary/aromatic N) is 1. The molecule has 1 unspecified atom stereocenters. The predicted molar refractivity (Wildman–Crippen MR) is 141 cm³/mol. The maximum atomic E-state index is 14.1. The number of ether oxygens (including phenoxy) is 1. The summed E-state index contributed by atoms with van der Waals surface area (Å²) in [7, 11) is 0. The van der Waals surface area contributed by atoms with Gasteiger partial charge in [-0.05, 0) is 31.5 Å². The zero-order chi connectivity index (χ0) is 26.6. The van der Waals surface area contributed by atoms with Gasteiger partial charge in [0.1, 0.15) is 17.1 Å². The second kappa shape index (κ2) is 8.97. The predicted octanol–water partition coefficient (Wildman–Crippen LogP) is 4.30. The minimum absolute atomic E-state index is 0.0600. The Labute approximate surface area is 224 Å². The second-order valence-corrected chi connectivity index (χ2v) is 9.93.